The zero-order valence-corrected chi connectivity index (χ0v) is 10.2. The highest BCUT2D eigenvalue weighted by atomic mass is 16.3. The lowest BCUT2D eigenvalue weighted by Gasteiger charge is -2.12. The summed E-state index contributed by atoms with van der Waals surface area (Å²) in [6.07, 6.45) is 7.20. The highest BCUT2D eigenvalue weighted by Gasteiger charge is 2.25. The maximum atomic E-state index is 12.2. The number of nitrogens with one attached hydrogen (secondary N) is 1. The summed E-state index contributed by atoms with van der Waals surface area (Å²) in [5.41, 5.74) is -0.0570. The third-order valence-electron chi connectivity index (χ3n) is 3.13. The van der Waals surface area contributed by atoms with Crippen molar-refractivity contribution < 1.29 is 4.42 Å². The van der Waals surface area contributed by atoms with Crippen LogP contribution in [0.25, 0.3) is 0 Å². The molecule has 1 unspecified atom stereocenters. The Morgan fingerprint density at radius 2 is 2.39 bits per heavy atom. The lowest BCUT2D eigenvalue weighted by Crippen LogP contribution is -2.24. The van der Waals surface area contributed by atoms with E-state index in [0.717, 1.165) is 18.6 Å². The van der Waals surface area contributed by atoms with E-state index in [1.165, 1.54) is 0 Å². The molecule has 1 fully saturated rings. The molecule has 0 aliphatic heterocycles. The summed E-state index contributed by atoms with van der Waals surface area (Å²) in [6, 6.07) is 3.99. The quantitative estimate of drug-likeness (QED) is 0.898. The van der Waals surface area contributed by atoms with Gasteiger partial charge in [0.05, 0.1) is 12.3 Å². The Hall–Kier alpha value is -2.04. The van der Waals surface area contributed by atoms with Gasteiger partial charge in [-0.05, 0) is 31.9 Å². The predicted octanol–water partition coefficient (Wildman–Crippen LogP) is 2.34. The summed E-state index contributed by atoms with van der Waals surface area (Å²) in [7, 11) is 0. The second-order valence-corrected chi connectivity index (χ2v) is 4.60. The van der Waals surface area contributed by atoms with Gasteiger partial charge in [-0.15, -0.1) is 0 Å². The van der Waals surface area contributed by atoms with E-state index in [1.54, 1.807) is 23.2 Å². The van der Waals surface area contributed by atoms with Gasteiger partial charge in [0.2, 0.25) is 0 Å². The van der Waals surface area contributed by atoms with E-state index in [0.29, 0.717) is 11.9 Å². The van der Waals surface area contributed by atoms with Crippen LogP contribution >= 0.6 is 0 Å². The van der Waals surface area contributed by atoms with Crippen LogP contribution in [-0.4, -0.2) is 9.55 Å². The van der Waals surface area contributed by atoms with Crippen molar-refractivity contribution in [2.75, 3.05) is 5.32 Å². The van der Waals surface area contributed by atoms with Gasteiger partial charge in [-0.25, -0.2) is 4.98 Å². The molecule has 0 saturated heterocycles. The second kappa shape index (κ2) is 4.33. The Labute approximate surface area is 104 Å². The van der Waals surface area contributed by atoms with Crippen molar-refractivity contribution in [1.82, 2.24) is 9.55 Å². The third kappa shape index (κ3) is 2.03. The van der Waals surface area contributed by atoms with Gasteiger partial charge in [0, 0.05) is 18.4 Å². The minimum atomic E-state index is -0.0738. The van der Waals surface area contributed by atoms with Gasteiger partial charge >= 0.3 is 0 Å². The Bertz CT molecular complexity index is 585. The summed E-state index contributed by atoms with van der Waals surface area (Å²) in [5, 5.41) is 3.10. The van der Waals surface area contributed by atoms with E-state index in [2.05, 4.69) is 10.3 Å². The van der Waals surface area contributed by atoms with E-state index in [4.69, 9.17) is 4.42 Å². The van der Waals surface area contributed by atoms with E-state index in [9.17, 15) is 4.79 Å². The van der Waals surface area contributed by atoms with Gasteiger partial charge in [0.25, 0.3) is 5.56 Å². The minimum absolute atomic E-state index is 0.0570. The van der Waals surface area contributed by atoms with Crippen molar-refractivity contribution in [2.45, 2.75) is 31.8 Å². The smallest absolute Gasteiger partial charge is 0.293 e. The SMILES string of the molecule is CC(Nc1nccn(C2CC2)c1=O)c1ccco1. The first-order chi connectivity index (χ1) is 8.75. The molecule has 2 aromatic rings. The Morgan fingerprint density at radius 1 is 1.56 bits per heavy atom. The summed E-state index contributed by atoms with van der Waals surface area (Å²) in [4.78, 5) is 16.3. The number of rotatable bonds is 4. The maximum Gasteiger partial charge on any atom is 0.293 e. The van der Waals surface area contributed by atoms with Crippen molar-refractivity contribution in [3.05, 3.63) is 46.9 Å². The monoisotopic (exact) mass is 245 g/mol. The number of furan rings is 1. The van der Waals surface area contributed by atoms with Crippen LogP contribution in [0.2, 0.25) is 0 Å². The lowest BCUT2D eigenvalue weighted by atomic mass is 10.2. The molecule has 1 saturated carbocycles. The van der Waals surface area contributed by atoms with Crippen LogP contribution in [0.4, 0.5) is 5.82 Å². The van der Waals surface area contributed by atoms with Crippen LogP contribution in [0.3, 0.4) is 0 Å². The summed E-state index contributed by atoms with van der Waals surface area (Å²) >= 11 is 0. The van der Waals surface area contributed by atoms with Crippen molar-refractivity contribution >= 4 is 5.82 Å². The van der Waals surface area contributed by atoms with Gasteiger partial charge in [-0.3, -0.25) is 4.79 Å². The van der Waals surface area contributed by atoms with Crippen molar-refractivity contribution in [1.29, 1.82) is 0 Å². The van der Waals surface area contributed by atoms with Crippen LogP contribution in [0.15, 0.2) is 40.0 Å². The highest BCUT2D eigenvalue weighted by Crippen LogP contribution is 2.33. The van der Waals surface area contributed by atoms with E-state index in [1.807, 2.05) is 19.1 Å². The normalized spacial score (nSPS) is 16.5. The molecular weight excluding hydrogens is 230 g/mol. The molecule has 1 N–H and O–H groups in total. The van der Waals surface area contributed by atoms with Gasteiger partial charge in [0.1, 0.15) is 5.76 Å². The first kappa shape index (κ1) is 11.1. The van der Waals surface area contributed by atoms with Crippen molar-refractivity contribution in [2.24, 2.45) is 0 Å². The average Bonchev–Trinajstić information content (AvgIpc) is 3.05. The largest absolute Gasteiger partial charge is 0.467 e. The molecule has 5 nitrogen and oxygen atoms in total. The molecule has 18 heavy (non-hydrogen) atoms. The van der Waals surface area contributed by atoms with Crippen LogP contribution in [0.1, 0.15) is 37.6 Å². The Balaban J connectivity index is 1.84. The second-order valence-electron chi connectivity index (χ2n) is 4.60. The molecule has 2 aromatic heterocycles. The number of nitrogens with zero attached hydrogens (tertiary/aromatic N) is 2. The van der Waals surface area contributed by atoms with Crippen molar-refractivity contribution in [3.8, 4) is 0 Å². The third-order valence-corrected chi connectivity index (χ3v) is 3.13. The molecule has 5 heteroatoms. The lowest BCUT2D eigenvalue weighted by molar-refractivity contribution is 0.489. The van der Waals surface area contributed by atoms with Gasteiger partial charge in [-0.1, -0.05) is 0 Å². The molecule has 1 atom stereocenters. The van der Waals surface area contributed by atoms with E-state index < -0.39 is 0 Å². The number of hydrogen-bond acceptors (Lipinski definition) is 4. The van der Waals surface area contributed by atoms with Gasteiger partial charge < -0.3 is 14.3 Å². The number of aromatic nitrogens is 2. The van der Waals surface area contributed by atoms with E-state index in [-0.39, 0.29) is 11.6 Å². The zero-order chi connectivity index (χ0) is 12.5. The molecule has 3 rings (SSSR count). The fraction of sp³-hybridized carbons (Fsp3) is 0.385. The van der Waals surface area contributed by atoms with Crippen LogP contribution in [0.5, 0.6) is 0 Å². The Morgan fingerprint density at radius 3 is 3.06 bits per heavy atom. The highest BCUT2D eigenvalue weighted by molar-refractivity contribution is 5.34. The van der Waals surface area contributed by atoms with Gasteiger partial charge in [0.15, 0.2) is 5.82 Å². The van der Waals surface area contributed by atoms with Crippen LogP contribution in [-0.2, 0) is 0 Å². The molecule has 94 valence electrons. The van der Waals surface area contributed by atoms with Crippen molar-refractivity contribution in [3.63, 3.8) is 0 Å². The fourth-order valence-electron chi connectivity index (χ4n) is 1.98. The molecule has 0 aromatic carbocycles. The number of hydrogen-bond donors (Lipinski definition) is 1. The molecule has 0 amide bonds. The summed E-state index contributed by atoms with van der Waals surface area (Å²) < 4.78 is 7.05. The Kier molecular flexibility index (Phi) is 2.66. The van der Waals surface area contributed by atoms with Crippen LogP contribution < -0.4 is 10.9 Å². The molecular formula is C13H15N3O2. The first-order valence-electron chi connectivity index (χ1n) is 6.13. The topological polar surface area (TPSA) is 60.1 Å². The molecule has 1 aliphatic carbocycles. The first-order valence-corrected chi connectivity index (χ1v) is 6.13. The predicted molar refractivity (Wildman–Crippen MR) is 67.5 cm³/mol. The summed E-state index contributed by atoms with van der Waals surface area (Å²) in [5.74, 6) is 1.17. The minimum Gasteiger partial charge on any atom is -0.467 e. The maximum absolute atomic E-state index is 12.2. The molecule has 2 heterocycles. The molecule has 0 bridgehead atoms. The average molecular weight is 245 g/mol. The zero-order valence-electron chi connectivity index (χ0n) is 10.2. The fourth-order valence-corrected chi connectivity index (χ4v) is 1.98. The summed E-state index contributed by atoms with van der Waals surface area (Å²) in [6.45, 7) is 1.94. The molecule has 1 aliphatic rings. The van der Waals surface area contributed by atoms with Crippen LogP contribution in [0, 0.1) is 0 Å². The molecule has 0 spiro atoms. The number of anilines is 1. The van der Waals surface area contributed by atoms with E-state index >= 15 is 0 Å². The standard InChI is InChI=1S/C13H15N3O2/c1-9(11-3-2-8-18-11)15-12-13(17)16(7-6-14-12)10-4-5-10/h2-3,6-10H,4-5H2,1H3,(H,14,15). The van der Waals surface area contributed by atoms with Gasteiger partial charge in [-0.2, -0.15) is 0 Å². The molecule has 0 radical (unpaired) electrons.